The first-order valence-electron chi connectivity index (χ1n) is 12.9. The molecule has 1 aromatic heterocycles. The number of nitrogens with zero attached hydrogens (tertiary/aromatic N) is 4. The summed E-state index contributed by atoms with van der Waals surface area (Å²) in [5.41, 5.74) is 1.37. The third-order valence-electron chi connectivity index (χ3n) is 8.39. The molecule has 5 rings (SSSR count). The molecule has 2 aromatic rings. The molecule has 7 nitrogen and oxygen atoms in total. The highest BCUT2D eigenvalue weighted by Crippen LogP contribution is 2.45. The molecule has 1 unspecified atom stereocenters. The van der Waals surface area contributed by atoms with E-state index in [2.05, 4.69) is 22.0 Å². The number of anilines is 2. The Hall–Kier alpha value is -2.09. The van der Waals surface area contributed by atoms with Crippen LogP contribution in [0, 0.1) is 24.2 Å². The van der Waals surface area contributed by atoms with Gasteiger partial charge in [0.05, 0.1) is 11.5 Å². The number of carbonyl (C=O) groups is 1. The van der Waals surface area contributed by atoms with Crippen LogP contribution in [0.15, 0.2) is 24.3 Å². The van der Waals surface area contributed by atoms with Crippen molar-refractivity contribution in [3.63, 3.8) is 0 Å². The van der Waals surface area contributed by atoms with Gasteiger partial charge in [0.25, 0.3) is 0 Å². The quantitative estimate of drug-likeness (QED) is 0.476. The summed E-state index contributed by atoms with van der Waals surface area (Å²) < 4.78 is 0. The summed E-state index contributed by atoms with van der Waals surface area (Å²) >= 11 is 12.5. The van der Waals surface area contributed by atoms with Crippen molar-refractivity contribution in [3.05, 3.63) is 45.6 Å². The lowest BCUT2D eigenvalue weighted by Gasteiger charge is -2.52. The van der Waals surface area contributed by atoms with Gasteiger partial charge in [-0.1, -0.05) is 29.3 Å². The van der Waals surface area contributed by atoms with Gasteiger partial charge < -0.3 is 20.2 Å². The Morgan fingerprint density at radius 3 is 2.61 bits per heavy atom. The van der Waals surface area contributed by atoms with Gasteiger partial charge in [0.15, 0.2) is 0 Å². The van der Waals surface area contributed by atoms with E-state index in [1.54, 1.807) is 6.07 Å². The van der Waals surface area contributed by atoms with E-state index >= 15 is 0 Å². The molecule has 0 radical (unpaired) electrons. The molecule has 0 amide bonds. The first kappa shape index (κ1) is 25.6. The van der Waals surface area contributed by atoms with E-state index in [9.17, 15) is 9.90 Å². The smallest absolute Gasteiger partial charge is 0.309 e. The zero-order valence-electron chi connectivity index (χ0n) is 21.2. The van der Waals surface area contributed by atoms with E-state index in [-0.39, 0.29) is 6.04 Å². The largest absolute Gasteiger partial charge is 0.481 e. The summed E-state index contributed by atoms with van der Waals surface area (Å²) in [6.45, 7) is 10.1. The van der Waals surface area contributed by atoms with Crippen molar-refractivity contribution < 1.29 is 9.90 Å². The van der Waals surface area contributed by atoms with Gasteiger partial charge in [-0.3, -0.25) is 4.79 Å². The van der Waals surface area contributed by atoms with Gasteiger partial charge in [-0.05, 0) is 82.5 Å². The fraction of sp³-hybridized carbons (Fsp3) is 0.593. The van der Waals surface area contributed by atoms with Crippen LogP contribution in [0.25, 0.3) is 0 Å². The average molecular weight is 533 g/mol. The fourth-order valence-corrected chi connectivity index (χ4v) is 6.64. The monoisotopic (exact) mass is 531 g/mol. The second kappa shape index (κ2) is 9.99. The maximum atomic E-state index is 11.5. The van der Waals surface area contributed by atoms with Gasteiger partial charge in [-0.2, -0.15) is 4.98 Å². The van der Waals surface area contributed by atoms with Crippen molar-refractivity contribution in [1.82, 2.24) is 14.9 Å². The van der Waals surface area contributed by atoms with Crippen molar-refractivity contribution in [2.24, 2.45) is 17.3 Å². The first-order chi connectivity index (χ1) is 17.1. The van der Waals surface area contributed by atoms with Crippen molar-refractivity contribution >= 4 is 40.9 Å². The molecule has 3 aliphatic rings. The predicted octanol–water partition coefficient (Wildman–Crippen LogP) is 5.67. The van der Waals surface area contributed by atoms with E-state index in [0.29, 0.717) is 27.9 Å². The summed E-state index contributed by atoms with van der Waals surface area (Å²) in [7, 11) is 0. The molecule has 36 heavy (non-hydrogen) atoms. The number of rotatable bonds is 7. The maximum absolute atomic E-state index is 11.5. The van der Waals surface area contributed by atoms with E-state index in [0.717, 1.165) is 62.0 Å². The Balaban J connectivity index is 1.17. The summed E-state index contributed by atoms with van der Waals surface area (Å²) in [5, 5.41) is 14.2. The molecule has 0 spiro atoms. The Morgan fingerprint density at radius 1 is 1.17 bits per heavy atom. The third kappa shape index (κ3) is 5.15. The van der Waals surface area contributed by atoms with Gasteiger partial charge in [-0.25, -0.2) is 4.98 Å². The van der Waals surface area contributed by atoms with E-state index in [1.165, 1.54) is 12.8 Å². The molecular formula is C27H35Cl2N5O2. The van der Waals surface area contributed by atoms with E-state index in [4.69, 9.17) is 33.2 Å². The lowest BCUT2D eigenvalue weighted by atomic mass is 9.65. The highest BCUT2D eigenvalue weighted by atomic mass is 35.5. The highest BCUT2D eigenvalue weighted by molar-refractivity contribution is 6.35. The Morgan fingerprint density at radius 2 is 1.92 bits per heavy atom. The normalized spacial score (nSPS) is 27.8. The molecular weight excluding hydrogens is 497 g/mol. The van der Waals surface area contributed by atoms with Gasteiger partial charge in [0, 0.05) is 47.5 Å². The molecule has 3 fully saturated rings. The van der Waals surface area contributed by atoms with Crippen LogP contribution in [0.5, 0.6) is 0 Å². The second-order valence-electron chi connectivity index (χ2n) is 11.2. The van der Waals surface area contributed by atoms with E-state index in [1.807, 2.05) is 32.0 Å². The number of aliphatic carboxylic acids is 1. The van der Waals surface area contributed by atoms with Gasteiger partial charge in [0.1, 0.15) is 5.82 Å². The first-order valence-corrected chi connectivity index (χ1v) is 13.7. The van der Waals surface area contributed by atoms with Crippen LogP contribution in [0.1, 0.15) is 56.8 Å². The molecule has 3 heterocycles. The topological polar surface area (TPSA) is 81.6 Å². The zero-order chi connectivity index (χ0) is 25.6. The second-order valence-corrected chi connectivity index (χ2v) is 12.1. The average Bonchev–Trinajstić information content (AvgIpc) is 2.75. The van der Waals surface area contributed by atoms with Crippen LogP contribution in [-0.2, 0) is 4.79 Å². The van der Waals surface area contributed by atoms with Crippen LogP contribution in [0.4, 0.5) is 11.8 Å². The standard InChI is InChI=1S/C27H35Cl2N5O2/c1-16-9-24(31-17(2)22-7-6-20(28)10-23(22)29)32-26(30-16)34-14-19(15-34)18-5-4-8-33(13-18)21-11-27(3,12-21)25(35)36/h6-7,9-10,17-19,21H,4-5,8,11-15H2,1-3H3,(H,35,36)(H,30,31,32)/t17?,18-,21?,27?/m0/s1. The van der Waals surface area contributed by atoms with Crippen molar-refractivity contribution in [1.29, 1.82) is 0 Å². The number of piperidine rings is 1. The van der Waals surface area contributed by atoms with E-state index < -0.39 is 11.4 Å². The van der Waals surface area contributed by atoms with Crippen LogP contribution < -0.4 is 10.2 Å². The molecule has 1 aliphatic carbocycles. The number of carboxylic acid groups (broad SMARTS) is 1. The lowest BCUT2D eigenvalue weighted by molar-refractivity contribution is -0.158. The number of carboxylic acids is 1. The highest BCUT2D eigenvalue weighted by Gasteiger charge is 2.49. The lowest BCUT2D eigenvalue weighted by Crippen LogP contribution is -2.58. The zero-order valence-corrected chi connectivity index (χ0v) is 22.7. The molecule has 2 atom stereocenters. The third-order valence-corrected chi connectivity index (χ3v) is 8.95. The summed E-state index contributed by atoms with van der Waals surface area (Å²) in [6.07, 6.45) is 4.00. The van der Waals surface area contributed by atoms with Gasteiger partial charge in [-0.15, -0.1) is 0 Å². The van der Waals surface area contributed by atoms with Crippen LogP contribution in [-0.4, -0.2) is 58.2 Å². The number of likely N-dealkylation sites (tertiary alicyclic amines) is 1. The fourth-order valence-electron chi connectivity index (χ4n) is 6.06. The Bertz CT molecular complexity index is 1130. The van der Waals surface area contributed by atoms with Crippen LogP contribution in [0.2, 0.25) is 10.0 Å². The minimum Gasteiger partial charge on any atom is -0.481 e. The number of hydrogen-bond acceptors (Lipinski definition) is 6. The molecule has 194 valence electrons. The Labute approximate surface area is 223 Å². The molecule has 0 bridgehead atoms. The summed E-state index contributed by atoms with van der Waals surface area (Å²) in [5.74, 6) is 2.19. The number of halogens is 2. The molecule has 2 saturated heterocycles. The minimum atomic E-state index is -0.653. The van der Waals surface area contributed by atoms with Crippen molar-refractivity contribution in [3.8, 4) is 0 Å². The van der Waals surface area contributed by atoms with Gasteiger partial charge >= 0.3 is 5.97 Å². The number of aromatic nitrogens is 2. The molecule has 2 N–H and O–H groups in total. The molecule has 1 saturated carbocycles. The summed E-state index contributed by atoms with van der Waals surface area (Å²) in [6, 6.07) is 7.91. The number of hydrogen-bond donors (Lipinski definition) is 2. The predicted molar refractivity (Wildman–Crippen MR) is 144 cm³/mol. The number of nitrogens with one attached hydrogen (secondary N) is 1. The number of benzene rings is 1. The van der Waals surface area contributed by atoms with Crippen molar-refractivity contribution in [2.75, 3.05) is 36.4 Å². The molecule has 1 aromatic carbocycles. The van der Waals surface area contributed by atoms with Gasteiger partial charge in [0.2, 0.25) is 5.95 Å². The van der Waals surface area contributed by atoms with Crippen molar-refractivity contribution in [2.45, 2.75) is 58.5 Å². The number of aryl methyl sites for hydroxylation is 1. The van der Waals surface area contributed by atoms with Crippen LogP contribution in [0.3, 0.4) is 0 Å². The maximum Gasteiger partial charge on any atom is 0.309 e. The molecule has 2 aliphatic heterocycles. The minimum absolute atomic E-state index is 0.0243. The summed E-state index contributed by atoms with van der Waals surface area (Å²) in [4.78, 5) is 25.8. The Kier molecular flexibility index (Phi) is 7.09. The van der Waals surface area contributed by atoms with Crippen LogP contribution >= 0.6 is 23.2 Å². The molecule has 9 heteroatoms. The SMILES string of the molecule is Cc1cc(NC(C)c2ccc(Cl)cc2Cl)nc(N2CC([C@H]3CCCN(C4CC(C)(C(=O)O)C4)C3)C2)n1.